The molecule has 3 aromatic rings. The topological polar surface area (TPSA) is 56.1 Å². The molecule has 4 rings (SSSR count). The van der Waals surface area contributed by atoms with Gasteiger partial charge in [0.15, 0.2) is 5.82 Å². The van der Waals surface area contributed by atoms with E-state index in [9.17, 15) is 0 Å². The summed E-state index contributed by atoms with van der Waals surface area (Å²) in [5.74, 6) is 1.70. The highest BCUT2D eigenvalue weighted by molar-refractivity contribution is 5.57. The van der Waals surface area contributed by atoms with Crippen molar-refractivity contribution in [2.24, 2.45) is 0 Å². The van der Waals surface area contributed by atoms with Crippen LogP contribution in [0, 0.1) is 0 Å². The molecule has 1 aliphatic heterocycles. The number of aromatic nitrogens is 4. The van der Waals surface area contributed by atoms with Crippen LogP contribution in [-0.4, -0.2) is 45.5 Å². The number of anilines is 1. The number of morpholine rings is 1. The summed E-state index contributed by atoms with van der Waals surface area (Å²) in [4.78, 5) is 11.4. The Morgan fingerprint density at radius 1 is 1.08 bits per heavy atom. The number of ether oxygens (including phenoxy) is 1. The van der Waals surface area contributed by atoms with Crippen LogP contribution in [-0.2, 0) is 11.3 Å². The fourth-order valence-electron chi connectivity index (χ4n) is 2.91. The largest absolute Gasteiger partial charge is 0.373 e. The van der Waals surface area contributed by atoms with E-state index in [-0.39, 0.29) is 6.10 Å². The predicted octanol–water partition coefficient (Wildman–Crippen LogP) is 2.25. The molecule has 1 fully saturated rings. The third-order valence-electron chi connectivity index (χ3n) is 4.09. The maximum Gasteiger partial charge on any atom is 0.161 e. The molecule has 122 valence electrons. The van der Waals surface area contributed by atoms with Gasteiger partial charge in [0.05, 0.1) is 19.3 Å². The fraction of sp³-hybridized carbons (Fsp3) is 0.278. The third-order valence-corrected chi connectivity index (χ3v) is 4.09. The quantitative estimate of drug-likeness (QED) is 0.738. The molecule has 2 aromatic heterocycles. The van der Waals surface area contributed by atoms with E-state index in [0.717, 1.165) is 36.8 Å². The lowest BCUT2D eigenvalue weighted by Gasteiger charge is -2.33. The number of hydrogen-bond acceptors (Lipinski definition) is 5. The van der Waals surface area contributed by atoms with Gasteiger partial charge >= 0.3 is 0 Å². The van der Waals surface area contributed by atoms with Crippen molar-refractivity contribution >= 4 is 5.82 Å². The van der Waals surface area contributed by atoms with Gasteiger partial charge in [-0.1, -0.05) is 30.3 Å². The minimum atomic E-state index is 0.105. The summed E-state index contributed by atoms with van der Waals surface area (Å²) < 4.78 is 7.78. The van der Waals surface area contributed by atoms with Crippen LogP contribution < -0.4 is 4.90 Å². The van der Waals surface area contributed by atoms with Crippen LogP contribution in [0.25, 0.3) is 11.4 Å². The minimum Gasteiger partial charge on any atom is -0.373 e. The second-order valence-electron chi connectivity index (χ2n) is 5.77. The van der Waals surface area contributed by atoms with Gasteiger partial charge < -0.3 is 9.64 Å². The van der Waals surface area contributed by atoms with E-state index >= 15 is 0 Å². The average molecular weight is 321 g/mol. The Hall–Kier alpha value is -2.73. The molecule has 3 heterocycles. The number of hydrogen-bond donors (Lipinski definition) is 0. The van der Waals surface area contributed by atoms with Gasteiger partial charge in [0, 0.05) is 37.2 Å². The van der Waals surface area contributed by atoms with Gasteiger partial charge in [-0.3, -0.25) is 4.68 Å². The highest BCUT2D eigenvalue weighted by Crippen LogP contribution is 2.20. The van der Waals surface area contributed by atoms with Crippen LogP contribution >= 0.6 is 0 Å². The van der Waals surface area contributed by atoms with Crippen LogP contribution in [0.2, 0.25) is 0 Å². The Kier molecular flexibility index (Phi) is 4.20. The first-order valence-electron chi connectivity index (χ1n) is 8.11. The molecule has 0 aliphatic carbocycles. The van der Waals surface area contributed by atoms with Crippen molar-refractivity contribution in [2.45, 2.75) is 12.6 Å². The van der Waals surface area contributed by atoms with Crippen molar-refractivity contribution in [3.63, 3.8) is 0 Å². The van der Waals surface area contributed by atoms with Crippen LogP contribution in [0.3, 0.4) is 0 Å². The average Bonchev–Trinajstić information content (AvgIpc) is 3.16. The van der Waals surface area contributed by atoms with Crippen LogP contribution in [0.15, 0.2) is 61.1 Å². The van der Waals surface area contributed by atoms with Crippen LogP contribution in [0.1, 0.15) is 0 Å². The number of rotatable bonds is 4. The summed E-state index contributed by atoms with van der Waals surface area (Å²) in [6, 6.07) is 13.9. The van der Waals surface area contributed by atoms with Crippen molar-refractivity contribution in [3.8, 4) is 11.4 Å². The first kappa shape index (κ1) is 14.8. The van der Waals surface area contributed by atoms with E-state index in [0.29, 0.717) is 6.61 Å². The summed E-state index contributed by atoms with van der Waals surface area (Å²) in [6.07, 6.45) is 5.68. The molecule has 6 nitrogen and oxygen atoms in total. The minimum absolute atomic E-state index is 0.105. The molecule has 0 saturated carbocycles. The van der Waals surface area contributed by atoms with Crippen LogP contribution in [0.5, 0.6) is 0 Å². The molecule has 24 heavy (non-hydrogen) atoms. The summed E-state index contributed by atoms with van der Waals surface area (Å²) >= 11 is 0. The lowest BCUT2D eigenvalue weighted by Crippen LogP contribution is -2.44. The molecule has 0 amide bonds. The third kappa shape index (κ3) is 3.28. The molecule has 0 bridgehead atoms. The number of benzene rings is 1. The highest BCUT2D eigenvalue weighted by atomic mass is 16.5. The van der Waals surface area contributed by atoms with Gasteiger partial charge in [0.2, 0.25) is 0 Å². The Labute approximate surface area is 140 Å². The van der Waals surface area contributed by atoms with E-state index in [1.54, 1.807) is 6.20 Å². The molecule has 1 aromatic carbocycles. The lowest BCUT2D eigenvalue weighted by molar-refractivity contribution is 0.0272. The molecule has 0 radical (unpaired) electrons. The van der Waals surface area contributed by atoms with Gasteiger partial charge in [-0.2, -0.15) is 5.10 Å². The molecule has 1 saturated heterocycles. The van der Waals surface area contributed by atoms with Gasteiger partial charge in [0.1, 0.15) is 5.82 Å². The second-order valence-corrected chi connectivity index (χ2v) is 5.77. The molecular weight excluding hydrogens is 302 g/mol. The molecule has 0 N–H and O–H groups in total. The molecule has 0 spiro atoms. The monoisotopic (exact) mass is 321 g/mol. The zero-order chi connectivity index (χ0) is 16.2. The molecule has 1 aliphatic rings. The SMILES string of the molecule is c1ccc(-c2nccc(N3CCO[C@H](Cn4cccn4)C3)n2)cc1. The molecule has 1 atom stereocenters. The molecular formula is C18H19N5O. The zero-order valence-electron chi connectivity index (χ0n) is 13.3. The van der Waals surface area contributed by atoms with Crippen molar-refractivity contribution in [1.82, 2.24) is 19.7 Å². The maximum atomic E-state index is 5.87. The summed E-state index contributed by atoms with van der Waals surface area (Å²) in [6.45, 7) is 3.07. The van der Waals surface area contributed by atoms with E-state index in [1.807, 2.05) is 59.5 Å². The van der Waals surface area contributed by atoms with E-state index in [4.69, 9.17) is 9.72 Å². The van der Waals surface area contributed by atoms with Crippen molar-refractivity contribution in [3.05, 3.63) is 61.1 Å². The van der Waals surface area contributed by atoms with Gasteiger partial charge in [-0.05, 0) is 12.1 Å². The summed E-state index contributed by atoms with van der Waals surface area (Å²) in [5.41, 5.74) is 1.03. The normalized spacial score (nSPS) is 17.8. The Balaban J connectivity index is 1.51. The smallest absolute Gasteiger partial charge is 0.161 e. The first-order chi connectivity index (χ1) is 11.9. The zero-order valence-corrected chi connectivity index (χ0v) is 13.3. The Morgan fingerprint density at radius 2 is 2.00 bits per heavy atom. The first-order valence-corrected chi connectivity index (χ1v) is 8.11. The Morgan fingerprint density at radius 3 is 2.83 bits per heavy atom. The Bertz CT molecular complexity index is 775. The number of nitrogens with zero attached hydrogens (tertiary/aromatic N) is 5. The summed E-state index contributed by atoms with van der Waals surface area (Å²) in [5, 5.41) is 4.25. The molecule has 6 heteroatoms. The predicted molar refractivity (Wildman–Crippen MR) is 91.6 cm³/mol. The van der Waals surface area contributed by atoms with E-state index in [1.165, 1.54) is 0 Å². The van der Waals surface area contributed by atoms with Gasteiger partial charge in [-0.15, -0.1) is 0 Å². The van der Waals surface area contributed by atoms with Gasteiger partial charge in [-0.25, -0.2) is 9.97 Å². The fourth-order valence-corrected chi connectivity index (χ4v) is 2.91. The van der Waals surface area contributed by atoms with Crippen molar-refractivity contribution in [1.29, 1.82) is 0 Å². The lowest BCUT2D eigenvalue weighted by atomic mass is 10.2. The maximum absolute atomic E-state index is 5.87. The molecule has 0 unspecified atom stereocenters. The van der Waals surface area contributed by atoms with Crippen LogP contribution in [0.4, 0.5) is 5.82 Å². The second kappa shape index (κ2) is 6.80. The van der Waals surface area contributed by atoms with E-state index < -0.39 is 0 Å². The standard InChI is InChI=1S/C18H19N5O/c1-2-5-15(6-3-1)18-19-9-7-17(21-18)22-11-12-24-16(13-22)14-23-10-4-8-20-23/h1-10,16H,11-14H2/t16-/m0/s1. The highest BCUT2D eigenvalue weighted by Gasteiger charge is 2.22. The van der Waals surface area contributed by atoms with E-state index in [2.05, 4.69) is 15.0 Å². The summed E-state index contributed by atoms with van der Waals surface area (Å²) in [7, 11) is 0. The van der Waals surface area contributed by atoms with Crippen molar-refractivity contribution in [2.75, 3.05) is 24.6 Å². The van der Waals surface area contributed by atoms with Crippen molar-refractivity contribution < 1.29 is 4.74 Å². The van der Waals surface area contributed by atoms with Gasteiger partial charge in [0.25, 0.3) is 0 Å².